The van der Waals surface area contributed by atoms with E-state index >= 15 is 0 Å². The van der Waals surface area contributed by atoms with Gasteiger partial charge in [-0.05, 0) is 36.6 Å². The lowest BCUT2D eigenvalue weighted by atomic mass is 10.0. The number of aromatic nitrogens is 2. The van der Waals surface area contributed by atoms with Crippen LogP contribution in [0.15, 0.2) is 24.4 Å². The third-order valence-electron chi connectivity index (χ3n) is 2.98. The monoisotopic (exact) mass is 267 g/mol. The summed E-state index contributed by atoms with van der Waals surface area (Å²) in [5.74, 6) is -0.339. The first-order valence-corrected chi connectivity index (χ1v) is 6.05. The van der Waals surface area contributed by atoms with Gasteiger partial charge >= 0.3 is 0 Å². The van der Waals surface area contributed by atoms with Crippen LogP contribution in [-0.4, -0.2) is 9.78 Å². The molecule has 5 heteroatoms. The molecule has 96 valence electrons. The van der Waals surface area contributed by atoms with E-state index in [1.807, 2.05) is 14.0 Å². The number of hydrogen-bond donors (Lipinski definition) is 1. The summed E-state index contributed by atoms with van der Waals surface area (Å²) in [4.78, 5) is 0. The first kappa shape index (κ1) is 13.1. The Kier molecular flexibility index (Phi) is 3.68. The molecule has 0 spiro atoms. The van der Waals surface area contributed by atoms with Gasteiger partial charge in [0.1, 0.15) is 5.82 Å². The molecule has 2 rings (SSSR count). The van der Waals surface area contributed by atoms with Gasteiger partial charge in [-0.25, -0.2) is 4.39 Å². The zero-order valence-electron chi connectivity index (χ0n) is 10.3. The molecule has 0 aliphatic carbocycles. The van der Waals surface area contributed by atoms with Crippen molar-refractivity contribution in [3.05, 3.63) is 52.1 Å². The van der Waals surface area contributed by atoms with Crippen LogP contribution in [0.1, 0.15) is 22.9 Å². The Hall–Kier alpha value is -1.39. The predicted octanol–water partition coefficient (Wildman–Crippen LogP) is 2.76. The van der Waals surface area contributed by atoms with Crippen LogP contribution in [-0.2, 0) is 13.5 Å². The van der Waals surface area contributed by atoms with Gasteiger partial charge in [0.05, 0.1) is 17.9 Å². The minimum Gasteiger partial charge on any atom is -0.322 e. The van der Waals surface area contributed by atoms with E-state index in [4.69, 9.17) is 17.3 Å². The molecule has 2 N–H and O–H groups in total. The molecule has 3 nitrogen and oxygen atoms in total. The van der Waals surface area contributed by atoms with Gasteiger partial charge in [0.2, 0.25) is 0 Å². The molecule has 18 heavy (non-hydrogen) atoms. The Morgan fingerprint density at radius 3 is 2.78 bits per heavy atom. The van der Waals surface area contributed by atoms with Crippen molar-refractivity contribution in [3.63, 3.8) is 0 Å². The summed E-state index contributed by atoms with van der Waals surface area (Å²) in [5.41, 5.74) is 9.02. The fourth-order valence-electron chi connectivity index (χ4n) is 2.11. The lowest BCUT2D eigenvalue weighted by Gasteiger charge is -2.14. The second kappa shape index (κ2) is 5.08. The van der Waals surface area contributed by atoms with Gasteiger partial charge in [0.15, 0.2) is 0 Å². The van der Waals surface area contributed by atoms with Crippen LogP contribution >= 0.6 is 11.6 Å². The van der Waals surface area contributed by atoms with Crippen molar-refractivity contribution in [1.29, 1.82) is 0 Å². The van der Waals surface area contributed by atoms with Crippen LogP contribution in [0.3, 0.4) is 0 Å². The molecule has 1 aromatic heterocycles. The van der Waals surface area contributed by atoms with Crippen molar-refractivity contribution in [2.75, 3.05) is 0 Å². The third kappa shape index (κ3) is 2.54. The summed E-state index contributed by atoms with van der Waals surface area (Å²) in [6.07, 6.45) is 2.33. The summed E-state index contributed by atoms with van der Waals surface area (Å²) < 4.78 is 14.7. The van der Waals surface area contributed by atoms with Crippen molar-refractivity contribution in [2.24, 2.45) is 12.8 Å². The fourth-order valence-corrected chi connectivity index (χ4v) is 2.35. The Morgan fingerprint density at radius 2 is 2.22 bits per heavy atom. The molecular weight excluding hydrogens is 253 g/mol. The van der Waals surface area contributed by atoms with Gasteiger partial charge < -0.3 is 5.73 Å². The minimum atomic E-state index is -0.339. The number of nitrogens with two attached hydrogens (primary N) is 1. The molecule has 0 aliphatic heterocycles. The Bertz CT molecular complexity index is 546. The van der Waals surface area contributed by atoms with Crippen molar-refractivity contribution >= 4 is 11.6 Å². The number of rotatable bonds is 3. The highest BCUT2D eigenvalue weighted by Gasteiger charge is 2.15. The van der Waals surface area contributed by atoms with Gasteiger partial charge in [-0.2, -0.15) is 5.10 Å². The molecule has 2 aromatic rings. The molecule has 1 aromatic carbocycles. The average molecular weight is 268 g/mol. The Labute approximate surface area is 110 Å². The number of halogens is 2. The second-order valence-corrected chi connectivity index (χ2v) is 4.79. The van der Waals surface area contributed by atoms with Crippen molar-refractivity contribution in [1.82, 2.24) is 9.78 Å². The Morgan fingerprint density at radius 1 is 1.50 bits per heavy atom. The van der Waals surface area contributed by atoms with E-state index in [0.29, 0.717) is 11.4 Å². The molecule has 1 atom stereocenters. The van der Waals surface area contributed by atoms with Crippen LogP contribution in [0.4, 0.5) is 4.39 Å². The molecule has 0 amide bonds. The van der Waals surface area contributed by atoms with E-state index in [2.05, 4.69) is 5.10 Å². The second-order valence-electron chi connectivity index (χ2n) is 4.38. The number of hydrogen-bond acceptors (Lipinski definition) is 2. The van der Waals surface area contributed by atoms with Crippen LogP contribution in [0.2, 0.25) is 5.02 Å². The normalized spacial score (nSPS) is 12.7. The van der Waals surface area contributed by atoms with Gasteiger partial charge in [0.25, 0.3) is 0 Å². The standard InChI is InChI=1S/C13H15ClFN3/c1-8-7-17-18(2)13(8)12(16)5-9-3-4-10(15)6-11(9)14/h3-4,6-7,12H,5,16H2,1-2H3. The van der Waals surface area contributed by atoms with E-state index in [0.717, 1.165) is 16.8 Å². The molecule has 0 aliphatic rings. The maximum atomic E-state index is 13.0. The first-order valence-electron chi connectivity index (χ1n) is 5.67. The summed E-state index contributed by atoms with van der Waals surface area (Å²) >= 11 is 6.00. The molecule has 0 saturated heterocycles. The van der Waals surface area contributed by atoms with E-state index in [-0.39, 0.29) is 11.9 Å². The van der Waals surface area contributed by atoms with Crippen molar-refractivity contribution in [3.8, 4) is 0 Å². The van der Waals surface area contributed by atoms with Gasteiger partial charge in [-0.3, -0.25) is 4.68 Å². The quantitative estimate of drug-likeness (QED) is 0.929. The Balaban J connectivity index is 2.24. The lowest BCUT2D eigenvalue weighted by molar-refractivity contribution is 0.609. The minimum absolute atomic E-state index is 0.208. The van der Waals surface area contributed by atoms with Crippen LogP contribution in [0.5, 0.6) is 0 Å². The number of nitrogens with zero attached hydrogens (tertiary/aromatic N) is 2. The zero-order chi connectivity index (χ0) is 13.3. The smallest absolute Gasteiger partial charge is 0.124 e. The SMILES string of the molecule is Cc1cnn(C)c1C(N)Cc1ccc(F)cc1Cl. The molecule has 0 fully saturated rings. The largest absolute Gasteiger partial charge is 0.322 e. The van der Waals surface area contributed by atoms with Gasteiger partial charge in [-0.15, -0.1) is 0 Å². The van der Waals surface area contributed by atoms with Gasteiger partial charge in [0, 0.05) is 12.1 Å². The lowest BCUT2D eigenvalue weighted by Crippen LogP contribution is -2.18. The third-order valence-corrected chi connectivity index (χ3v) is 3.34. The fraction of sp³-hybridized carbons (Fsp3) is 0.308. The van der Waals surface area contributed by atoms with Crippen molar-refractivity contribution < 1.29 is 4.39 Å². The molecule has 0 radical (unpaired) electrons. The van der Waals surface area contributed by atoms with Crippen LogP contribution in [0, 0.1) is 12.7 Å². The number of aryl methyl sites for hydroxylation is 2. The topological polar surface area (TPSA) is 43.8 Å². The van der Waals surface area contributed by atoms with Crippen LogP contribution in [0.25, 0.3) is 0 Å². The van der Waals surface area contributed by atoms with Gasteiger partial charge in [-0.1, -0.05) is 17.7 Å². The zero-order valence-corrected chi connectivity index (χ0v) is 11.1. The molecule has 0 saturated carbocycles. The van der Waals surface area contributed by atoms with E-state index < -0.39 is 0 Å². The maximum absolute atomic E-state index is 13.0. The van der Waals surface area contributed by atoms with Crippen LogP contribution < -0.4 is 5.73 Å². The van der Waals surface area contributed by atoms with E-state index in [9.17, 15) is 4.39 Å². The highest BCUT2D eigenvalue weighted by molar-refractivity contribution is 6.31. The number of benzene rings is 1. The van der Waals surface area contributed by atoms with E-state index in [1.54, 1.807) is 16.9 Å². The summed E-state index contributed by atoms with van der Waals surface area (Å²) in [6.45, 7) is 1.97. The summed E-state index contributed by atoms with van der Waals surface area (Å²) in [6, 6.07) is 4.16. The van der Waals surface area contributed by atoms with E-state index in [1.165, 1.54) is 12.1 Å². The predicted molar refractivity (Wildman–Crippen MR) is 70.0 cm³/mol. The molecule has 1 unspecified atom stereocenters. The first-order chi connectivity index (χ1) is 8.49. The summed E-state index contributed by atoms with van der Waals surface area (Å²) in [7, 11) is 1.86. The average Bonchev–Trinajstić information content (AvgIpc) is 2.62. The maximum Gasteiger partial charge on any atom is 0.124 e. The highest BCUT2D eigenvalue weighted by atomic mass is 35.5. The highest BCUT2D eigenvalue weighted by Crippen LogP contribution is 2.24. The van der Waals surface area contributed by atoms with Crippen molar-refractivity contribution in [2.45, 2.75) is 19.4 Å². The molecule has 1 heterocycles. The molecular formula is C13H15ClFN3. The molecule has 0 bridgehead atoms. The summed E-state index contributed by atoms with van der Waals surface area (Å²) in [5, 5.41) is 4.57.